The SMILES string of the molecule is Clc1ccc(OCCCSC2=N[C@@H]3CCCC[C@@H]3N2)cc1. The Morgan fingerprint density at radius 1 is 1.24 bits per heavy atom. The van der Waals surface area contributed by atoms with Crippen molar-refractivity contribution < 1.29 is 4.74 Å². The highest BCUT2D eigenvalue weighted by atomic mass is 35.5. The monoisotopic (exact) mass is 324 g/mol. The first-order valence-electron chi connectivity index (χ1n) is 7.67. The molecule has 21 heavy (non-hydrogen) atoms. The zero-order chi connectivity index (χ0) is 14.5. The maximum Gasteiger partial charge on any atom is 0.157 e. The van der Waals surface area contributed by atoms with E-state index in [-0.39, 0.29) is 0 Å². The molecular formula is C16H21ClN2OS. The van der Waals surface area contributed by atoms with Crippen molar-refractivity contribution in [2.75, 3.05) is 12.4 Å². The summed E-state index contributed by atoms with van der Waals surface area (Å²) in [6.07, 6.45) is 6.22. The van der Waals surface area contributed by atoms with E-state index in [1.165, 1.54) is 25.7 Å². The highest BCUT2D eigenvalue weighted by Crippen LogP contribution is 2.27. The number of amidine groups is 1. The number of nitrogens with one attached hydrogen (secondary N) is 1. The van der Waals surface area contributed by atoms with Gasteiger partial charge in [-0.2, -0.15) is 0 Å². The number of rotatable bonds is 5. The number of fused-ring (bicyclic) bond motifs is 1. The molecular weight excluding hydrogens is 304 g/mol. The summed E-state index contributed by atoms with van der Waals surface area (Å²) in [5.74, 6) is 1.92. The molecule has 114 valence electrons. The lowest BCUT2D eigenvalue weighted by Crippen LogP contribution is -2.36. The van der Waals surface area contributed by atoms with E-state index < -0.39 is 0 Å². The summed E-state index contributed by atoms with van der Waals surface area (Å²) < 4.78 is 5.69. The van der Waals surface area contributed by atoms with E-state index in [0.29, 0.717) is 12.1 Å². The van der Waals surface area contributed by atoms with Gasteiger partial charge in [-0.05, 0) is 43.5 Å². The molecule has 1 aromatic rings. The Kier molecular flexibility index (Phi) is 5.31. The van der Waals surface area contributed by atoms with Gasteiger partial charge in [0.2, 0.25) is 0 Å². The molecule has 1 N–H and O–H groups in total. The van der Waals surface area contributed by atoms with E-state index in [4.69, 9.17) is 21.3 Å². The first kappa shape index (κ1) is 15.0. The molecule has 3 nitrogen and oxygen atoms in total. The Morgan fingerprint density at radius 2 is 2.05 bits per heavy atom. The molecule has 1 fully saturated rings. The minimum absolute atomic E-state index is 0.534. The van der Waals surface area contributed by atoms with Crippen LogP contribution in [0.1, 0.15) is 32.1 Å². The Morgan fingerprint density at radius 3 is 2.86 bits per heavy atom. The fraction of sp³-hybridized carbons (Fsp3) is 0.562. The van der Waals surface area contributed by atoms with Gasteiger partial charge in [0.05, 0.1) is 18.7 Å². The molecule has 0 spiro atoms. The number of hydrogen-bond donors (Lipinski definition) is 1. The molecule has 5 heteroatoms. The van der Waals surface area contributed by atoms with Crippen LogP contribution in [0.2, 0.25) is 5.02 Å². The summed E-state index contributed by atoms with van der Waals surface area (Å²) in [6, 6.07) is 8.65. The first-order valence-corrected chi connectivity index (χ1v) is 9.03. The normalized spacial score (nSPS) is 24.1. The van der Waals surface area contributed by atoms with Crippen LogP contribution in [-0.4, -0.2) is 29.6 Å². The van der Waals surface area contributed by atoms with Crippen LogP contribution in [0.5, 0.6) is 5.75 Å². The number of halogens is 1. The second-order valence-electron chi connectivity index (χ2n) is 5.54. The lowest BCUT2D eigenvalue weighted by Gasteiger charge is -2.23. The second-order valence-corrected chi connectivity index (χ2v) is 7.06. The smallest absolute Gasteiger partial charge is 0.157 e. The second kappa shape index (κ2) is 7.41. The molecule has 2 atom stereocenters. The zero-order valence-electron chi connectivity index (χ0n) is 12.1. The maximum absolute atomic E-state index is 5.84. The van der Waals surface area contributed by atoms with Crippen LogP contribution in [0.3, 0.4) is 0 Å². The standard InChI is InChI=1S/C16H21ClN2OS/c17-12-6-8-13(9-7-12)20-10-3-11-21-16-18-14-4-1-2-5-15(14)19-16/h6-9,14-15H,1-5,10-11H2,(H,18,19)/t14-,15+. The summed E-state index contributed by atoms with van der Waals surface area (Å²) in [5, 5.41) is 5.44. The molecule has 1 heterocycles. The van der Waals surface area contributed by atoms with Gasteiger partial charge in [-0.3, -0.25) is 4.99 Å². The van der Waals surface area contributed by atoms with Crippen molar-refractivity contribution in [3.63, 3.8) is 0 Å². The third kappa shape index (κ3) is 4.30. The minimum Gasteiger partial charge on any atom is -0.494 e. The predicted octanol–water partition coefficient (Wildman–Crippen LogP) is 4.11. The third-order valence-corrected chi connectivity index (χ3v) is 5.17. The van der Waals surface area contributed by atoms with Crippen LogP contribution in [0.15, 0.2) is 29.3 Å². The number of hydrogen-bond acceptors (Lipinski definition) is 4. The quantitative estimate of drug-likeness (QED) is 0.827. The summed E-state index contributed by atoms with van der Waals surface area (Å²) >= 11 is 7.67. The molecule has 0 saturated heterocycles. The molecule has 0 amide bonds. The molecule has 0 radical (unpaired) electrons. The van der Waals surface area contributed by atoms with Gasteiger partial charge in [-0.15, -0.1) is 0 Å². The average molecular weight is 325 g/mol. The van der Waals surface area contributed by atoms with E-state index in [1.54, 1.807) is 0 Å². The van der Waals surface area contributed by atoms with Crippen molar-refractivity contribution in [1.82, 2.24) is 5.32 Å². The van der Waals surface area contributed by atoms with Crippen LogP contribution < -0.4 is 10.1 Å². The largest absolute Gasteiger partial charge is 0.494 e. The first-order chi connectivity index (χ1) is 10.3. The van der Waals surface area contributed by atoms with Crippen molar-refractivity contribution in [3.05, 3.63) is 29.3 Å². The molecule has 1 saturated carbocycles. The number of benzene rings is 1. The third-order valence-electron chi connectivity index (χ3n) is 3.93. The van der Waals surface area contributed by atoms with Crippen molar-refractivity contribution in [2.24, 2.45) is 4.99 Å². The zero-order valence-corrected chi connectivity index (χ0v) is 13.6. The lowest BCUT2D eigenvalue weighted by molar-refractivity contribution is 0.319. The van der Waals surface area contributed by atoms with E-state index in [2.05, 4.69) is 5.32 Å². The van der Waals surface area contributed by atoms with Gasteiger partial charge in [0.15, 0.2) is 5.17 Å². The number of thioether (sulfide) groups is 1. The van der Waals surface area contributed by atoms with Crippen LogP contribution in [-0.2, 0) is 0 Å². The molecule has 1 aliphatic heterocycles. The van der Waals surface area contributed by atoms with Gasteiger partial charge in [-0.25, -0.2) is 0 Å². The van der Waals surface area contributed by atoms with Crippen LogP contribution in [0, 0.1) is 0 Å². The Hall–Kier alpha value is -0.870. The molecule has 0 unspecified atom stereocenters. The number of ether oxygens (including phenoxy) is 1. The topological polar surface area (TPSA) is 33.6 Å². The summed E-state index contributed by atoms with van der Waals surface area (Å²) in [7, 11) is 0. The average Bonchev–Trinajstić information content (AvgIpc) is 2.91. The van der Waals surface area contributed by atoms with Gasteiger partial charge in [0, 0.05) is 10.8 Å². The van der Waals surface area contributed by atoms with Gasteiger partial charge in [0.1, 0.15) is 5.75 Å². The predicted molar refractivity (Wildman–Crippen MR) is 90.6 cm³/mol. The Bertz CT molecular complexity index is 492. The fourth-order valence-electron chi connectivity index (χ4n) is 2.81. The highest BCUT2D eigenvalue weighted by molar-refractivity contribution is 8.13. The fourth-order valence-corrected chi connectivity index (χ4v) is 3.83. The van der Waals surface area contributed by atoms with Gasteiger partial charge < -0.3 is 10.1 Å². The van der Waals surface area contributed by atoms with Crippen LogP contribution in [0.25, 0.3) is 0 Å². The van der Waals surface area contributed by atoms with Crippen molar-refractivity contribution in [2.45, 2.75) is 44.2 Å². The van der Waals surface area contributed by atoms with Crippen molar-refractivity contribution >= 4 is 28.5 Å². The number of nitrogens with zero attached hydrogens (tertiary/aromatic N) is 1. The Balaban J connectivity index is 1.32. The van der Waals surface area contributed by atoms with E-state index in [1.807, 2.05) is 36.0 Å². The lowest BCUT2D eigenvalue weighted by atomic mass is 9.92. The molecule has 2 aliphatic rings. The molecule has 1 aliphatic carbocycles. The van der Waals surface area contributed by atoms with Crippen molar-refractivity contribution in [1.29, 1.82) is 0 Å². The highest BCUT2D eigenvalue weighted by Gasteiger charge is 2.30. The Labute approximate surface area is 135 Å². The molecule has 1 aromatic carbocycles. The number of aliphatic imine (C=N–C) groups is 1. The summed E-state index contributed by atoms with van der Waals surface area (Å²) in [6.45, 7) is 0.731. The van der Waals surface area contributed by atoms with Gasteiger partial charge in [0.25, 0.3) is 0 Å². The summed E-state index contributed by atoms with van der Waals surface area (Å²) in [4.78, 5) is 4.79. The minimum atomic E-state index is 0.534. The summed E-state index contributed by atoms with van der Waals surface area (Å²) in [5.41, 5.74) is 0. The van der Waals surface area contributed by atoms with Crippen LogP contribution in [0.4, 0.5) is 0 Å². The maximum atomic E-state index is 5.84. The van der Waals surface area contributed by atoms with E-state index >= 15 is 0 Å². The van der Waals surface area contributed by atoms with Gasteiger partial charge >= 0.3 is 0 Å². The molecule has 0 bridgehead atoms. The van der Waals surface area contributed by atoms with E-state index in [0.717, 1.165) is 34.7 Å². The molecule has 0 aromatic heterocycles. The van der Waals surface area contributed by atoms with E-state index in [9.17, 15) is 0 Å². The van der Waals surface area contributed by atoms with Gasteiger partial charge in [-0.1, -0.05) is 36.2 Å². The van der Waals surface area contributed by atoms with Crippen molar-refractivity contribution in [3.8, 4) is 5.75 Å². The molecule has 3 rings (SSSR count). The van der Waals surface area contributed by atoms with Crippen LogP contribution >= 0.6 is 23.4 Å².